The van der Waals surface area contributed by atoms with Crippen LogP contribution >= 0.6 is 0 Å². The Labute approximate surface area is 114 Å². The molecule has 0 radical (unpaired) electrons. The molecule has 0 spiro atoms. The molecule has 1 fully saturated rings. The quantitative estimate of drug-likeness (QED) is 0.814. The topological polar surface area (TPSA) is 45.9 Å². The third-order valence-corrected chi connectivity index (χ3v) is 4.38. The number of hydrogen-bond acceptors (Lipinski definition) is 3. The van der Waals surface area contributed by atoms with E-state index in [4.69, 9.17) is 4.74 Å². The SMILES string of the molecule is CC1CCC(Oc2nc3c(cc2C#N)CCC3)CC1. The molecule has 1 heterocycles. The van der Waals surface area contributed by atoms with Gasteiger partial charge in [-0.25, -0.2) is 4.98 Å². The molecular weight excluding hydrogens is 236 g/mol. The van der Waals surface area contributed by atoms with Gasteiger partial charge in [0.05, 0.1) is 0 Å². The van der Waals surface area contributed by atoms with Gasteiger partial charge in [-0.15, -0.1) is 0 Å². The van der Waals surface area contributed by atoms with Crippen molar-refractivity contribution in [1.82, 2.24) is 4.98 Å². The minimum atomic E-state index is 0.246. The molecule has 0 aliphatic heterocycles. The molecule has 0 unspecified atom stereocenters. The molecule has 3 nitrogen and oxygen atoms in total. The fourth-order valence-electron chi connectivity index (χ4n) is 3.13. The monoisotopic (exact) mass is 256 g/mol. The summed E-state index contributed by atoms with van der Waals surface area (Å²) in [6.07, 6.45) is 8.09. The van der Waals surface area contributed by atoms with Crippen molar-refractivity contribution in [1.29, 1.82) is 5.26 Å². The lowest BCUT2D eigenvalue weighted by atomic mass is 9.89. The maximum atomic E-state index is 9.25. The molecular formula is C16H20N2O. The van der Waals surface area contributed by atoms with Gasteiger partial charge in [0, 0.05) is 5.69 Å². The third-order valence-electron chi connectivity index (χ3n) is 4.38. The van der Waals surface area contributed by atoms with Gasteiger partial charge in [0.1, 0.15) is 17.7 Å². The van der Waals surface area contributed by atoms with E-state index >= 15 is 0 Å². The Kier molecular flexibility index (Phi) is 3.42. The maximum Gasteiger partial charge on any atom is 0.232 e. The predicted octanol–water partition coefficient (Wildman–Crippen LogP) is 3.40. The summed E-state index contributed by atoms with van der Waals surface area (Å²) in [5.74, 6) is 1.38. The molecule has 1 saturated carbocycles. The molecule has 1 aromatic rings. The molecule has 0 amide bonds. The van der Waals surface area contributed by atoms with Crippen LogP contribution in [0.4, 0.5) is 0 Å². The molecule has 0 aromatic carbocycles. The summed E-state index contributed by atoms with van der Waals surface area (Å²) in [7, 11) is 0. The van der Waals surface area contributed by atoms with E-state index < -0.39 is 0 Å². The van der Waals surface area contributed by atoms with Gasteiger partial charge in [0.2, 0.25) is 5.88 Å². The third kappa shape index (κ3) is 2.58. The Morgan fingerprint density at radius 2 is 2.05 bits per heavy atom. The van der Waals surface area contributed by atoms with Crippen molar-refractivity contribution in [3.63, 3.8) is 0 Å². The zero-order chi connectivity index (χ0) is 13.2. The van der Waals surface area contributed by atoms with E-state index in [9.17, 15) is 5.26 Å². The van der Waals surface area contributed by atoms with Crippen LogP contribution in [0.5, 0.6) is 5.88 Å². The summed E-state index contributed by atoms with van der Waals surface area (Å²) in [6, 6.07) is 4.22. The van der Waals surface area contributed by atoms with Crippen LogP contribution in [0.3, 0.4) is 0 Å². The second-order valence-electron chi connectivity index (χ2n) is 5.91. The molecule has 3 heteroatoms. The van der Waals surface area contributed by atoms with E-state index in [-0.39, 0.29) is 6.10 Å². The first-order valence-electron chi connectivity index (χ1n) is 7.36. The second-order valence-corrected chi connectivity index (χ2v) is 5.91. The summed E-state index contributed by atoms with van der Waals surface area (Å²) < 4.78 is 6.02. The van der Waals surface area contributed by atoms with Crippen molar-refractivity contribution < 1.29 is 4.74 Å². The van der Waals surface area contributed by atoms with Gasteiger partial charge in [-0.1, -0.05) is 6.92 Å². The molecule has 0 bridgehead atoms. The lowest BCUT2D eigenvalue weighted by Crippen LogP contribution is -2.24. The zero-order valence-corrected chi connectivity index (χ0v) is 11.5. The highest BCUT2D eigenvalue weighted by Crippen LogP contribution is 2.30. The number of hydrogen-bond donors (Lipinski definition) is 0. The summed E-state index contributed by atoms with van der Waals surface area (Å²) in [5, 5.41) is 9.25. The average molecular weight is 256 g/mol. The van der Waals surface area contributed by atoms with Crippen LogP contribution in [-0.4, -0.2) is 11.1 Å². The van der Waals surface area contributed by atoms with Crippen LogP contribution in [0.1, 0.15) is 55.8 Å². The number of aryl methyl sites for hydroxylation is 2. The van der Waals surface area contributed by atoms with Crippen molar-refractivity contribution in [2.24, 2.45) is 5.92 Å². The van der Waals surface area contributed by atoms with Crippen LogP contribution in [0, 0.1) is 17.2 Å². The minimum absolute atomic E-state index is 0.246. The van der Waals surface area contributed by atoms with Crippen molar-refractivity contribution in [2.45, 2.75) is 58.0 Å². The highest BCUT2D eigenvalue weighted by atomic mass is 16.5. The van der Waals surface area contributed by atoms with Gasteiger partial charge in [0.25, 0.3) is 0 Å². The van der Waals surface area contributed by atoms with E-state index in [1.807, 2.05) is 6.07 Å². The fraction of sp³-hybridized carbons (Fsp3) is 0.625. The largest absolute Gasteiger partial charge is 0.473 e. The first-order valence-corrected chi connectivity index (χ1v) is 7.36. The molecule has 19 heavy (non-hydrogen) atoms. The Hall–Kier alpha value is -1.56. The first-order chi connectivity index (χ1) is 9.26. The Balaban J connectivity index is 1.79. The number of pyridine rings is 1. The molecule has 100 valence electrons. The summed E-state index contributed by atoms with van der Waals surface area (Å²) in [5.41, 5.74) is 2.98. The van der Waals surface area contributed by atoms with E-state index in [2.05, 4.69) is 18.0 Å². The van der Waals surface area contributed by atoms with Gasteiger partial charge in [0.15, 0.2) is 0 Å². The Morgan fingerprint density at radius 3 is 2.79 bits per heavy atom. The van der Waals surface area contributed by atoms with Crippen molar-refractivity contribution >= 4 is 0 Å². The van der Waals surface area contributed by atoms with Crippen LogP contribution < -0.4 is 4.74 Å². The number of nitriles is 1. The Morgan fingerprint density at radius 1 is 1.26 bits per heavy atom. The standard InChI is InChI=1S/C16H20N2O/c1-11-5-7-14(8-6-11)19-16-13(10-17)9-12-3-2-4-15(12)18-16/h9,11,14H,2-8H2,1H3. The fourth-order valence-corrected chi connectivity index (χ4v) is 3.13. The minimum Gasteiger partial charge on any atom is -0.473 e. The number of ether oxygens (including phenoxy) is 1. The lowest BCUT2D eigenvalue weighted by molar-refractivity contribution is 0.129. The van der Waals surface area contributed by atoms with Crippen LogP contribution in [-0.2, 0) is 12.8 Å². The van der Waals surface area contributed by atoms with Gasteiger partial charge < -0.3 is 4.74 Å². The van der Waals surface area contributed by atoms with Crippen LogP contribution in [0.25, 0.3) is 0 Å². The number of fused-ring (bicyclic) bond motifs is 1. The summed E-state index contributed by atoms with van der Waals surface area (Å²) in [4.78, 5) is 4.59. The molecule has 2 aliphatic rings. The molecule has 0 saturated heterocycles. The summed E-state index contributed by atoms with van der Waals surface area (Å²) >= 11 is 0. The normalized spacial score (nSPS) is 25.7. The average Bonchev–Trinajstić information content (AvgIpc) is 2.87. The lowest BCUT2D eigenvalue weighted by Gasteiger charge is -2.26. The number of aromatic nitrogens is 1. The molecule has 0 atom stereocenters. The predicted molar refractivity (Wildman–Crippen MR) is 73.0 cm³/mol. The molecule has 2 aliphatic carbocycles. The Bertz CT molecular complexity index is 510. The highest BCUT2D eigenvalue weighted by Gasteiger charge is 2.23. The van der Waals surface area contributed by atoms with Gasteiger partial charge in [-0.3, -0.25) is 0 Å². The molecule has 1 aromatic heterocycles. The number of rotatable bonds is 2. The van der Waals surface area contributed by atoms with E-state index in [0.717, 1.165) is 43.7 Å². The van der Waals surface area contributed by atoms with Crippen LogP contribution in [0.2, 0.25) is 0 Å². The number of nitrogens with zero attached hydrogens (tertiary/aromatic N) is 2. The molecule has 0 N–H and O–H groups in total. The highest BCUT2D eigenvalue weighted by molar-refractivity contribution is 5.44. The van der Waals surface area contributed by atoms with Crippen molar-refractivity contribution in [3.8, 4) is 11.9 Å². The zero-order valence-electron chi connectivity index (χ0n) is 11.5. The van der Waals surface area contributed by atoms with Crippen molar-refractivity contribution in [3.05, 3.63) is 22.9 Å². The van der Waals surface area contributed by atoms with E-state index in [1.165, 1.54) is 18.4 Å². The smallest absolute Gasteiger partial charge is 0.232 e. The second kappa shape index (κ2) is 5.21. The van der Waals surface area contributed by atoms with E-state index in [0.29, 0.717) is 11.4 Å². The van der Waals surface area contributed by atoms with Gasteiger partial charge in [-0.2, -0.15) is 5.26 Å². The first kappa shape index (κ1) is 12.5. The van der Waals surface area contributed by atoms with Gasteiger partial charge in [-0.05, 0) is 62.5 Å². The van der Waals surface area contributed by atoms with Gasteiger partial charge >= 0.3 is 0 Å². The van der Waals surface area contributed by atoms with Crippen molar-refractivity contribution in [2.75, 3.05) is 0 Å². The van der Waals surface area contributed by atoms with E-state index in [1.54, 1.807) is 0 Å². The molecule has 3 rings (SSSR count). The van der Waals surface area contributed by atoms with Crippen LogP contribution in [0.15, 0.2) is 6.07 Å². The summed E-state index contributed by atoms with van der Waals surface area (Å²) in [6.45, 7) is 2.30. The maximum absolute atomic E-state index is 9.25.